The molecule has 0 saturated carbocycles. The number of rotatable bonds is 18. The van der Waals surface area contributed by atoms with Gasteiger partial charge in [0.2, 0.25) is 11.8 Å². The maximum absolute atomic E-state index is 13.7. The van der Waals surface area contributed by atoms with Gasteiger partial charge in [0.15, 0.2) is 11.5 Å². The summed E-state index contributed by atoms with van der Waals surface area (Å²) in [6.07, 6.45) is 1.27. The van der Waals surface area contributed by atoms with Crippen molar-refractivity contribution in [2.45, 2.75) is 39.8 Å². The van der Waals surface area contributed by atoms with Crippen LogP contribution in [-0.2, 0) is 38.6 Å². The fourth-order valence-corrected chi connectivity index (χ4v) is 5.24. The number of hydrogen-bond donors (Lipinski definition) is 0. The second kappa shape index (κ2) is 17.4. The third kappa shape index (κ3) is 10.8. The van der Waals surface area contributed by atoms with E-state index in [4.69, 9.17) is 18.9 Å². The highest BCUT2D eigenvalue weighted by Gasteiger charge is 2.22. The number of carbonyl (C=O) groups is 2. The molecule has 0 aliphatic heterocycles. The van der Waals surface area contributed by atoms with Crippen LogP contribution >= 0.6 is 11.3 Å². The second-order valence-electron chi connectivity index (χ2n) is 9.61. The summed E-state index contributed by atoms with van der Waals surface area (Å²) in [5.74, 6) is 0.995. The van der Waals surface area contributed by atoms with Gasteiger partial charge in [-0.3, -0.25) is 9.59 Å². The van der Waals surface area contributed by atoms with Crippen molar-refractivity contribution in [3.63, 3.8) is 0 Å². The van der Waals surface area contributed by atoms with E-state index in [1.54, 1.807) is 30.5 Å². The Hall–Kier alpha value is -3.40. The molecule has 0 aliphatic rings. The number of nitrogens with zero attached hydrogens (tertiary/aromatic N) is 2. The molecule has 2 amide bonds. The van der Waals surface area contributed by atoms with Crippen LogP contribution in [0.25, 0.3) is 0 Å². The van der Waals surface area contributed by atoms with E-state index >= 15 is 0 Å². The zero-order valence-electron chi connectivity index (χ0n) is 24.6. The van der Waals surface area contributed by atoms with E-state index in [-0.39, 0.29) is 25.0 Å². The van der Waals surface area contributed by atoms with E-state index in [2.05, 4.69) is 19.1 Å². The Labute approximate surface area is 247 Å². The quantitative estimate of drug-likeness (QED) is 0.194. The fraction of sp³-hybridized carbons (Fsp3) is 0.438. The molecule has 9 heteroatoms. The van der Waals surface area contributed by atoms with Crippen molar-refractivity contribution in [2.75, 3.05) is 53.7 Å². The highest BCUT2D eigenvalue weighted by atomic mass is 32.1. The monoisotopic (exact) mass is 582 g/mol. The summed E-state index contributed by atoms with van der Waals surface area (Å²) in [4.78, 5) is 32.6. The normalized spacial score (nSPS) is 10.8. The van der Waals surface area contributed by atoms with Crippen LogP contribution in [0.2, 0.25) is 0 Å². The molecule has 41 heavy (non-hydrogen) atoms. The lowest BCUT2D eigenvalue weighted by Crippen LogP contribution is -2.45. The smallest absolute Gasteiger partial charge is 0.249 e. The van der Waals surface area contributed by atoms with Crippen LogP contribution in [0.1, 0.15) is 34.2 Å². The molecule has 2 aromatic carbocycles. The van der Waals surface area contributed by atoms with Crippen LogP contribution in [0, 0.1) is 6.92 Å². The molecule has 0 unspecified atom stereocenters. The highest BCUT2D eigenvalue weighted by molar-refractivity contribution is 7.11. The van der Waals surface area contributed by atoms with Crippen molar-refractivity contribution in [1.82, 2.24) is 9.80 Å². The predicted molar refractivity (Wildman–Crippen MR) is 162 cm³/mol. The van der Waals surface area contributed by atoms with E-state index in [0.29, 0.717) is 63.8 Å². The summed E-state index contributed by atoms with van der Waals surface area (Å²) in [7, 11) is 3.21. The van der Waals surface area contributed by atoms with Crippen molar-refractivity contribution in [1.29, 1.82) is 0 Å². The number of thiophene rings is 1. The molecule has 222 valence electrons. The first-order valence-corrected chi connectivity index (χ1v) is 14.8. The average Bonchev–Trinajstić information content (AvgIpc) is 3.41. The Morgan fingerprint density at radius 3 is 2.29 bits per heavy atom. The summed E-state index contributed by atoms with van der Waals surface area (Å²) >= 11 is 1.67. The summed E-state index contributed by atoms with van der Waals surface area (Å²) in [6.45, 7) is 6.75. The molecule has 3 aromatic rings. The van der Waals surface area contributed by atoms with Gasteiger partial charge < -0.3 is 28.7 Å². The summed E-state index contributed by atoms with van der Waals surface area (Å²) in [5, 5.41) is 0. The number of benzene rings is 2. The maximum Gasteiger partial charge on any atom is 0.249 e. The van der Waals surface area contributed by atoms with Gasteiger partial charge in [0, 0.05) is 36.1 Å². The zero-order chi connectivity index (χ0) is 29.5. The first kappa shape index (κ1) is 32.1. The van der Waals surface area contributed by atoms with Gasteiger partial charge in [-0.15, -0.1) is 11.3 Å². The highest BCUT2D eigenvalue weighted by Crippen LogP contribution is 2.28. The van der Waals surface area contributed by atoms with E-state index in [1.807, 2.05) is 60.4 Å². The first-order chi connectivity index (χ1) is 19.9. The number of ether oxygens (including phenoxy) is 4. The van der Waals surface area contributed by atoms with Gasteiger partial charge in [-0.05, 0) is 62.1 Å². The molecular weight excluding hydrogens is 540 g/mol. The maximum atomic E-state index is 13.7. The molecule has 0 radical (unpaired) electrons. The van der Waals surface area contributed by atoms with Gasteiger partial charge in [-0.25, -0.2) is 0 Å². The number of methoxy groups -OCH3 is 2. The van der Waals surface area contributed by atoms with Gasteiger partial charge in [0.25, 0.3) is 0 Å². The lowest BCUT2D eigenvalue weighted by Gasteiger charge is -2.28. The molecule has 1 aromatic heterocycles. The van der Waals surface area contributed by atoms with Gasteiger partial charge in [0.1, 0.15) is 6.61 Å². The van der Waals surface area contributed by atoms with Crippen LogP contribution in [0.5, 0.6) is 11.5 Å². The van der Waals surface area contributed by atoms with Crippen LogP contribution in [0.15, 0.2) is 60.7 Å². The Morgan fingerprint density at radius 2 is 1.61 bits per heavy atom. The lowest BCUT2D eigenvalue weighted by atomic mass is 10.1. The van der Waals surface area contributed by atoms with E-state index < -0.39 is 0 Å². The van der Waals surface area contributed by atoms with E-state index in [9.17, 15) is 9.59 Å². The molecule has 0 saturated heterocycles. The van der Waals surface area contributed by atoms with Gasteiger partial charge >= 0.3 is 0 Å². The van der Waals surface area contributed by atoms with Gasteiger partial charge in [-0.1, -0.05) is 36.4 Å². The van der Waals surface area contributed by atoms with E-state index in [0.717, 1.165) is 16.0 Å². The minimum Gasteiger partial charge on any atom is -0.493 e. The average molecular weight is 583 g/mol. The molecule has 8 nitrogen and oxygen atoms in total. The molecule has 0 fully saturated rings. The zero-order valence-corrected chi connectivity index (χ0v) is 25.4. The van der Waals surface area contributed by atoms with Crippen molar-refractivity contribution >= 4 is 23.2 Å². The second-order valence-corrected chi connectivity index (χ2v) is 11.0. The van der Waals surface area contributed by atoms with Crippen LogP contribution in [-0.4, -0.2) is 75.3 Å². The molecule has 0 N–H and O–H groups in total. The summed E-state index contributed by atoms with van der Waals surface area (Å²) in [6, 6.07) is 19.6. The van der Waals surface area contributed by atoms with Crippen molar-refractivity contribution < 1.29 is 28.5 Å². The number of amides is 2. The first-order valence-electron chi connectivity index (χ1n) is 13.9. The van der Waals surface area contributed by atoms with Crippen molar-refractivity contribution in [3.05, 3.63) is 81.5 Å². The largest absolute Gasteiger partial charge is 0.493 e. The summed E-state index contributed by atoms with van der Waals surface area (Å²) < 4.78 is 22.0. The Balaban J connectivity index is 1.69. The van der Waals surface area contributed by atoms with Crippen LogP contribution in [0.3, 0.4) is 0 Å². The fourth-order valence-electron chi connectivity index (χ4n) is 4.33. The van der Waals surface area contributed by atoms with Crippen molar-refractivity contribution in [3.8, 4) is 11.5 Å². The van der Waals surface area contributed by atoms with Gasteiger partial charge in [-0.2, -0.15) is 0 Å². The standard InChI is InChI=1S/C32H42N2O6S/c1-5-39-19-9-17-33(32(36)24-40-23-27-10-7-6-8-11-27)22-31(35)34(21-28-14-12-25(2)41-28)18-16-26-13-15-29(37-3)30(20-26)38-4/h6-8,10-15,20H,5,9,16-19,21-24H2,1-4H3. The Morgan fingerprint density at radius 1 is 0.829 bits per heavy atom. The minimum absolute atomic E-state index is 0.0179. The molecule has 0 spiro atoms. The van der Waals surface area contributed by atoms with Gasteiger partial charge in [0.05, 0.1) is 33.9 Å². The van der Waals surface area contributed by atoms with E-state index in [1.165, 1.54) is 4.88 Å². The topological polar surface area (TPSA) is 77.5 Å². The Bertz CT molecular complexity index is 1220. The molecular formula is C32H42N2O6S. The van der Waals surface area contributed by atoms with Crippen LogP contribution in [0.4, 0.5) is 0 Å². The molecule has 0 aliphatic carbocycles. The predicted octanol–water partition coefficient (Wildman–Crippen LogP) is 5.12. The molecule has 0 atom stereocenters. The molecule has 3 rings (SSSR count). The molecule has 1 heterocycles. The molecule has 0 bridgehead atoms. The third-order valence-electron chi connectivity index (χ3n) is 6.55. The lowest BCUT2D eigenvalue weighted by molar-refractivity contribution is -0.144. The number of hydrogen-bond acceptors (Lipinski definition) is 7. The number of carbonyl (C=O) groups excluding carboxylic acids is 2. The number of aryl methyl sites for hydroxylation is 1. The van der Waals surface area contributed by atoms with Crippen molar-refractivity contribution in [2.24, 2.45) is 0 Å². The Kier molecular flexibility index (Phi) is 13.6. The van der Waals surface area contributed by atoms with Crippen LogP contribution < -0.4 is 9.47 Å². The minimum atomic E-state index is -0.211. The summed E-state index contributed by atoms with van der Waals surface area (Å²) in [5.41, 5.74) is 2.02. The SMILES string of the molecule is CCOCCCN(CC(=O)N(CCc1ccc(OC)c(OC)c1)Cc1ccc(C)s1)C(=O)COCc1ccccc1. The third-order valence-corrected chi connectivity index (χ3v) is 7.54.